The quantitative estimate of drug-likeness (QED) is 0.765. The number of carbonyl (C=O) groups is 1. The number of amides is 1. The lowest BCUT2D eigenvalue weighted by Crippen LogP contribution is -2.51. The van der Waals surface area contributed by atoms with Crippen LogP contribution in [0, 0.1) is 0 Å². The molecule has 0 aliphatic heterocycles. The Hall–Kier alpha value is -1.01. The van der Waals surface area contributed by atoms with E-state index in [1.165, 1.54) is 0 Å². The van der Waals surface area contributed by atoms with Crippen molar-refractivity contribution in [1.29, 1.82) is 0 Å². The molecule has 5 nitrogen and oxygen atoms in total. The molecule has 1 fully saturated rings. The first-order valence-electron chi connectivity index (χ1n) is 7.93. The third kappa shape index (κ3) is 6.85. The summed E-state index contributed by atoms with van der Waals surface area (Å²) in [7, 11) is 4.03. The highest BCUT2D eigenvalue weighted by Gasteiger charge is 2.36. The Labute approximate surface area is 157 Å². The number of nitrogens with zero attached hydrogens (tertiary/aromatic N) is 1. The average molecular weight is 378 g/mol. The predicted molar refractivity (Wildman–Crippen MR) is 102 cm³/mol. The van der Waals surface area contributed by atoms with Crippen molar-refractivity contribution in [1.82, 2.24) is 10.2 Å². The van der Waals surface area contributed by atoms with E-state index in [9.17, 15) is 4.79 Å². The van der Waals surface area contributed by atoms with E-state index in [1.54, 1.807) is 0 Å². The summed E-state index contributed by atoms with van der Waals surface area (Å²) in [6.45, 7) is 2.01. The van der Waals surface area contributed by atoms with Gasteiger partial charge in [-0.3, -0.25) is 4.79 Å². The highest BCUT2D eigenvalue weighted by molar-refractivity contribution is 5.86. The van der Waals surface area contributed by atoms with Gasteiger partial charge < -0.3 is 20.7 Å². The molecule has 0 saturated heterocycles. The Morgan fingerprint density at radius 1 is 1.29 bits per heavy atom. The molecule has 1 aromatic rings. The second-order valence-corrected chi connectivity index (χ2v) is 6.35. The van der Waals surface area contributed by atoms with Crippen molar-refractivity contribution >= 4 is 30.7 Å². The second kappa shape index (κ2) is 10.8. The lowest BCUT2D eigenvalue weighted by molar-refractivity contribution is -0.126. The van der Waals surface area contributed by atoms with Gasteiger partial charge in [0.2, 0.25) is 5.91 Å². The summed E-state index contributed by atoms with van der Waals surface area (Å²) in [6.07, 6.45) is 3.65. The maximum absolute atomic E-state index is 12.2. The van der Waals surface area contributed by atoms with Crippen molar-refractivity contribution in [3.8, 4) is 5.75 Å². The molecule has 7 heteroatoms. The van der Waals surface area contributed by atoms with Crippen LogP contribution >= 0.6 is 24.8 Å². The Morgan fingerprint density at radius 3 is 2.58 bits per heavy atom. The van der Waals surface area contributed by atoms with Crippen LogP contribution in [0.2, 0.25) is 0 Å². The van der Waals surface area contributed by atoms with Gasteiger partial charge in [-0.2, -0.15) is 0 Å². The molecule has 2 rings (SSSR count). The molecule has 0 heterocycles. The van der Waals surface area contributed by atoms with E-state index in [-0.39, 0.29) is 30.7 Å². The normalized spacial score (nSPS) is 15.3. The largest absolute Gasteiger partial charge is 0.492 e. The summed E-state index contributed by atoms with van der Waals surface area (Å²) in [4.78, 5) is 14.3. The number of likely N-dealkylation sites (N-methyl/N-ethyl adjacent to an activating group) is 1. The van der Waals surface area contributed by atoms with Crippen LogP contribution in [0.1, 0.15) is 31.2 Å². The maximum atomic E-state index is 12.2. The Morgan fingerprint density at radius 2 is 1.96 bits per heavy atom. The Kier molecular flexibility index (Phi) is 10.3. The molecule has 0 radical (unpaired) electrons. The number of rotatable bonds is 7. The van der Waals surface area contributed by atoms with Gasteiger partial charge in [0.1, 0.15) is 12.4 Å². The fourth-order valence-corrected chi connectivity index (χ4v) is 2.68. The molecule has 0 bridgehead atoms. The molecule has 3 N–H and O–H groups in total. The van der Waals surface area contributed by atoms with E-state index >= 15 is 0 Å². The van der Waals surface area contributed by atoms with Crippen molar-refractivity contribution in [2.45, 2.75) is 37.8 Å². The van der Waals surface area contributed by atoms with E-state index in [2.05, 4.69) is 10.2 Å². The fourth-order valence-electron chi connectivity index (χ4n) is 2.68. The van der Waals surface area contributed by atoms with E-state index in [0.717, 1.165) is 43.5 Å². The van der Waals surface area contributed by atoms with Gasteiger partial charge in [0.15, 0.2) is 0 Å². The third-order valence-electron chi connectivity index (χ3n) is 4.11. The van der Waals surface area contributed by atoms with Crippen molar-refractivity contribution in [3.63, 3.8) is 0 Å². The van der Waals surface area contributed by atoms with Crippen LogP contribution in [0.3, 0.4) is 0 Å². The number of hydrogen-bond acceptors (Lipinski definition) is 4. The second-order valence-electron chi connectivity index (χ2n) is 6.35. The van der Waals surface area contributed by atoms with Crippen LogP contribution in [-0.4, -0.2) is 43.6 Å². The number of ether oxygens (including phenoxy) is 1. The van der Waals surface area contributed by atoms with Crippen molar-refractivity contribution < 1.29 is 9.53 Å². The number of nitrogens with one attached hydrogen (secondary N) is 1. The molecule has 1 amide bonds. The Balaban J connectivity index is 0.00000264. The van der Waals surface area contributed by atoms with Crippen LogP contribution < -0.4 is 15.8 Å². The zero-order valence-electron chi connectivity index (χ0n) is 14.4. The molecule has 0 aromatic heterocycles. The molecule has 0 spiro atoms. The topological polar surface area (TPSA) is 67.6 Å². The molecule has 138 valence electrons. The van der Waals surface area contributed by atoms with Gasteiger partial charge in [-0.15, -0.1) is 24.8 Å². The average Bonchev–Trinajstić information content (AvgIpc) is 2.93. The van der Waals surface area contributed by atoms with Crippen LogP contribution in [-0.2, 0) is 11.3 Å². The number of halogens is 2. The number of nitrogens with two attached hydrogens (primary N) is 1. The summed E-state index contributed by atoms with van der Waals surface area (Å²) < 4.78 is 5.70. The van der Waals surface area contributed by atoms with Gasteiger partial charge >= 0.3 is 0 Å². The monoisotopic (exact) mass is 377 g/mol. The highest BCUT2D eigenvalue weighted by Crippen LogP contribution is 2.27. The van der Waals surface area contributed by atoms with Crippen LogP contribution in [0.4, 0.5) is 0 Å². The molecule has 0 atom stereocenters. The number of benzene rings is 1. The molecule has 1 aromatic carbocycles. The molecule has 1 aliphatic rings. The lowest BCUT2D eigenvalue weighted by atomic mass is 9.98. The van der Waals surface area contributed by atoms with Crippen molar-refractivity contribution in [3.05, 3.63) is 29.8 Å². The summed E-state index contributed by atoms with van der Waals surface area (Å²) in [6, 6.07) is 7.83. The van der Waals surface area contributed by atoms with Crippen LogP contribution in [0.5, 0.6) is 5.75 Å². The van der Waals surface area contributed by atoms with Gasteiger partial charge in [-0.1, -0.05) is 25.0 Å². The summed E-state index contributed by atoms with van der Waals surface area (Å²) in [5.41, 5.74) is 6.51. The standard InChI is InChI=1S/C17H27N3O2.2ClH/c1-20(2)10-11-22-15-7-5-6-14(12-15)13-19-16(21)17(18)8-3-4-9-17;;/h5-7,12H,3-4,8-11,13,18H2,1-2H3,(H,19,21);2*1H. The zero-order chi connectivity index (χ0) is 16.0. The minimum Gasteiger partial charge on any atom is -0.492 e. The SMILES string of the molecule is CN(C)CCOc1cccc(CNC(=O)C2(N)CCCC2)c1.Cl.Cl. The minimum atomic E-state index is -0.667. The van der Waals surface area contributed by atoms with E-state index in [1.807, 2.05) is 38.4 Å². The lowest BCUT2D eigenvalue weighted by Gasteiger charge is -2.22. The number of carbonyl (C=O) groups excluding carboxylic acids is 1. The van der Waals surface area contributed by atoms with Crippen LogP contribution in [0.25, 0.3) is 0 Å². The van der Waals surface area contributed by atoms with Crippen LogP contribution in [0.15, 0.2) is 24.3 Å². The van der Waals surface area contributed by atoms with Crippen molar-refractivity contribution in [2.24, 2.45) is 5.73 Å². The molecular formula is C17H29Cl2N3O2. The summed E-state index contributed by atoms with van der Waals surface area (Å²) >= 11 is 0. The van der Waals surface area contributed by atoms with Gasteiger partial charge in [-0.25, -0.2) is 0 Å². The first kappa shape index (κ1) is 23.0. The molecule has 24 heavy (non-hydrogen) atoms. The zero-order valence-corrected chi connectivity index (χ0v) is 16.0. The highest BCUT2D eigenvalue weighted by atomic mass is 35.5. The van der Waals surface area contributed by atoms with Gasteiger partial charge in [0.05, 0.1) is 5.54 Å². The van der Waals surface area contributed by atoms with Crippen molar-refractivity contribution in [2.75, 3.05) is 27.2 Å². The van der Waals surface area contributed by atoms with Gasteiger partial charge in [-0.05, 0) is 44.6 Å². The minimum absolute atomic E-state index is 0. The maximum Gasteiger partial charge on any atom is 0.240 e. The number of hydrogen-bond donors (Lipinski definition) is 2. The molecular weight excluding hydrogens is 349 g/mol. The van der Waals surface area contributed by atoms with Gasteiger partial charge in [0, 0.05) is 13.1 Å². The first-order valence-corrected chi connectivity index (χ1v) is 7.93. The third-order valence-corrected chi connectivity index (χ3v) is 4.11. The molecule has 1 saturated carbocycles. The summed E-state index contributed by atoms with van der Waals surface area (Å²) in [5.74, 6) is 0.792. The van der Waals surface area contributed by atoms with E-state index in [0.29, 0.717) is 13.2 Å². The predicted octanol–water partition coefficient (Wildman–Crippen LogP) is 2.36. The summed E-state index contributed by atoms with van der Waals surface area (Å²) in [5, 5.41) is 2.96. The molecule has 0 unspecified atom stereocenters. The first-order chi connectivity index (χ1) is 10.5. The smallest absolute Gasteiger partial charge is 0.240 e. The fraction of sp³-hybridized carbons (Fsp3) is 0.588. The molecule has 1 aliphatic carbocycles. The van der Waals surface area contributed by atoms with E-state index in [4.69, 9.17) is 10.5 Å². The van der Waals surface area contributed by atoms with Gasteiger partial charge in [0.25, 0.3) is 0 Å². The Bertz CT molecular complexity index is 506. The van der Waals surface area contributed by atoms with E-state index < -0.39 is 5.54 Å².